The van der Waals surface area contributed by atoms with Crippen molar-refractivity contribution in [2.24, 2.45) is 0 Å². The molecule has 0 atom stereocenters. The summed E-state index contributed by atoms with van der Waals surface area (Å²) in [6.45, 7) is 3.63. The van der Waals surface area contributed by atoms with E-state index in [0.29, 0.717) is 37.7 Å². The molecule has 1 aliphatic heterocycles. The SMILES string of the molecule is Cc1cc(C(=O)Nc2cc(C(F)(F)F)ccc2N2CCOCC2)on1. The summed E-state index contributed by atoms with van der Waals surface area (Å²) in [4.78, 5) is 14.1. The summed E-state index contributed by atoms with van der Waals surface area (Å²) in [6.07, 6.45) is -4.51. The van der Waals surface area contributed by atoms with Gasteiger partial charge in [-0.15, -0.1) is 0 Å². The van der Waals surface area contributed by atoms with Gasteiger partial charge in [0, 0.05) is 19.2 Å². The van der Waals surface area contributed by atoms with E-state index in [1.54, 1.807) is 6.92 Å². The lowest BCUT2D eigenvalue weighted by molar-refractivity contribution is -0.137. The van der Waals surface area contributed by atoms with Gasteiger partial charge in [-0.05, 0) is 25.1 Å². The van der Waals surface area contributed by atoms with E-state index in [4.69, 9.17) is 9.26 Å². The molecule has 0 unspecified atom stereocenters. The first-order valence-corrected chi connectivity index (χ1v) is 7.63. The van der Waals surface area contributed by atoms with Crippen LogP contribution in [0.3, 0.4) is 0 Å². The second-order valence-electron chi connectivity index (χ2n) is 5.62. The first-order chi connectivity index (χ1) is 11.8. The van der Waals surface area contributed by atoms with E-state index in [1.807, 2.05) is 4.90 Å². The Bertz CT molecular complexity index is 767. The number of hydrogen-bond donors (Lipinski definition) is 1. The van der Waals surface area contributed by atoms with Crippen LogP contribution in [-0.2, 0) is 10.9 Å². The van der Waals surface area contributed by atoms with Crippen LogP contribution in [0.2, 0.25) is 0 Å². The summed E-state index contributed by atoms with van der Waals surface area (Å²) in [5.74, 6) is -0.725. The van der Waals surface area contributed by atoms with Crippen LogP contribution >= 0.6 is 0 Å². The molecule has 0 spiro atoms. The van der Waals surface area contributed by atoms with Gasteiger partial charge in [0.2, 0.25) is 5.76 Å². The van der Waals surface area contributed by atoms with Crippen molar-refractivity contribution in [3.8, 4) is 0 Å². The number of ether oxygens (including phenoxy) is 1. The molecule has 1 amide bonds. The lowest BCUT2D eigenvalue weighted by Crippen LogP contribution is -2.36. The molecule has 1 aliphatic rings. The maximum Gasteiger partial charge on any atom is 0.416 e. The summed E-state index contributed by atoms with van der Waals surface area (Å²) in [6, 6.07) is 4.69. The summed E-state index contributed by atoms with van der Waals surface area (Å²) in [7, 11) is 0. The van der Waals surface area contributed by atoms with Crippen LogP contribution in [0.25, 0.3) is 0 Å². The van der Waals surface area contributed by atoms with Crippen molar-refractivity contribution in [2.45, 2.75) is 13.1 Å². The van der Waals surface area contributed by atoms with Gasteiger partial charge in [0.25, 0.3) is 5.91 Å². The molecule has 1 N–H and O–H groups in total. The molecule has 25 heavy (non-hydrogen) atoms. The third-order valence-electron chi connectivity index (χ3n) is 3.78. The fraction of sp³-hybridized carbons (Fsp3) is 0.375. The summed E-state index contributed by atoms with van der Waals surface area (Å²) in [5, 5.41) is 6.10. The number of aromatic nitrogens is 1. The topological polar surface area (TPSA) is 67.6 Å². The van der Waals surface area contributed by atoms with Crippen molar-refractivity contribution in [1.29, 1.82) is 0 Å². The Morgan fingerprint density at radius 2 is 1.96 bits per heavy atom. The van der Waals surface area contributed by atoms with Crippen molar-refractivity contribution >= 4 is 17.3 Å². The largest absolute Gasteiger partial charge is 0.416 e. The summed E-state index contributed by atoms with van der Waals surface area (Å²) < 4.78 is 49.2. The number of rotatable bonds is 3. The minimum absolute atomic E-state index is 0.0655. The van der Waals surface area contributed by atoms with Crippen LogP contribution in [-0.4, -0.2) is 37.4 Å². The molecule has 0 bridgehead atoms. The molecule has 2 heterocycles. The van der Waals surface area contributed by atoms with Crippen LogP contribution < -0.4 is 10.2 Å². The smallest absolute Gasteiger partial charge is 0.378 e. The van der Waals surface area contributed by atoms with E-state index in [0.717, 1.165) is 12.1 Å². The molecule has 0 saturated carbocycles. The number of amides is 1. The van der Waals surface area contributed by atoms with Gasteiger partial charge in [0.1, 0.15) is 0 Å². The average molecular weight is 355 g/mol. The fourth-order valence-electron chi connectivity index (χ4n) is 2.55. The van der Waals surface area contributed by atoms with E-state index in [2.05, 4.69) is 10.5 Å². The Labute approximate surface area is 141 Å². The number of carbonyl (C=O) groups is 1. The van der Waals surface area contributed by atoms with Crippen LogP contribution in [0.15, 0.2) is 28.8 Å². The first kappa shape index (κ1) is 17.3. The van der Waals surface area contributed by atoms with Crippen molar-refractivity contribution in [2.75, 3.05) is 36.5 Å². The van der Waals surface area contributed by atoms with Gasteiger partial charge in [0.15, 0.2) is 0 Å². The number of aryl methyl sites for hydroxylation is 1. The highest BCUT2D eigenvalue weighted by atomic mass is 19.4. The molecule has 1 aromatic carbocycles. The minimum Gasteiger partial charge on any atom is -0.378 e. The second kappa shape index (κ2) is 6.75. The van der Waals surface area contributed by atoms with Gasteiger partial charge in [0.05, 0.1) is 35.8 Å². The van der Waals surface area contributed by atoms with Crippen molar-refractivity contribution in [1.82, 2.24) is 5.16 Å². The molecule has 1 fully saturated rings. The number of alkyl halides is 3. The van der Waals surface area contributed by atoms with E-state index in [1.165, 1.54) is 12.1 Å². The molecular weight excluding hydrogens is 339 g/mol. The summed E-state index contributed by atoms with van der Waals surface area (Å²) in [5.41, 5.74) is 0.229. The first-order valence-electron chi connectivity index (χ1n) is 7.63. The van der Waals surface area contributed by atoms with E-state index in [-0.39, 0.29) is 11.4 Å². The maximum atomic E-state index is 13.0. The predicted molar refractivity (Wildman–Crippen MR) is 83.7 cm³/mol. The highest BCUT2D eigenvalue weighted by Gasteiger charge is 2.32. The maximum absolute atomic E-state index is 13.0. The third kappa shape index (κ3) is 3.93. The predicted octanol–water partition coefficient (Wildman–Crippen LogP) is 3.09. The zero-order valence-electron chi connectivity index (χ0n) is 13.4. The molecule has 9 heteroatoms. The lowest BCUT2D eigenvalue weighted by atomic mass is 10.1. The number of nitrogens with one attached hydrogen (secondary N) is 1. The van der Waals surface area contributed by atoms with Gasteiger partial charge in [-0.3, -0.25) is 4.79 Å². The molecular formula is C16H16F3N3O3. The number of halogens is 3. The Morgan fingerprint density at radius 3 is 2.56 bits per heavy atom. The second-order valence-corrected chi connectivity index (χ2v) is 5.62. The number of hydrogen-bond acceptors (Lipinski definition) is 5. The Kier molecular flexibility index (Phi) is 4.67. The number of anilines is 2. The van der Waals surface area contributed by atoms with Crippen LogP contribution in [0.4, 0.5) is 24.5 Å². The van der Waals surface area contributed by atoms with E-state index >= 15 is 0 Å². The average Bonchev–Trinajstić information content (AvgIpc) is 3.01. The molecule has 2 aromatic rings. The normalized spacial score (nSPS) is 15.3. The van der Waals surface area contributed by atoms with Crippen molar-refractivity contribution in [3.63, 3.8) is 0 Å². The van der Waals surface area contributed by atoms with E-state index in [9.17, 15) is 18.0 Å². The quantitative estimate of drug-likeness (QED) is 0.916. The third-order valence-corrected chi connectivity index (χ3v) is 3.78. The molecule has 1 saturated heterocycles. The summed E-state index contributed by atoms with van der Waals surface area (Å²) >= 11 is 0. The number of nitrogens with zero attached hydrogens (tertiary/aromatic N) is 2. The van der Waals surface area contributed by atoms with Crippen LogP contribution in [0.5, 0.6) is 0 Å². The molecule has 0 radical (unpaired) electrons. The molecule has 3 rings (SSSR count). The van der Waals surface area contributed by atoms with Gasteiger partial charge in [-0.2, -0.15) is 13.2 Å². The number of benzene rings is 1. The lowest BCUT2D eigenvalue weighted by Gasteiger charge is -2.30. The van der Waals surface area contributed by atoms with E-state index < -0.39 is 17.6 Å². The zero-order valence-corrected chi connectivity index (χ0v) is 13.4. The molecule has 6 nitrogen and oxygen atoms in total. The molecule has 1 aromatic heterocycles. The van der Waals surface area contributed by atoms with Crippen molar-refractivity contribution in [3.05, 3.63) is 41.3 Å². The Balaban J connectivity index is 1.93. The fourth-order valence-corrected chi connectivity index (χ4v) is 2.55. The monoisotopic (exact) mass is 355 g/mol. The van der Waals surface area contributed by atoms with Gasteiger partial charge < -0.3 is 19.5 Å². The number of carbonyl (C=O) groups excluding carboxylic acids is 1. The molecule has 134 valence electrons. The van der Waals surface area contributed by atoms with Gasteiger partial charge >= 0.3 is 6.18 Å². The zero-order chi connectivity index (χ0) is 18.0. The minimum atomic E-state index is -4.51. The standard InChI is InChI=1S/C16H16F3N3O3/c1-10-8-14(25-21-10)15(23)20-12-9-11(16(17,18)19)2-3-13(12)22-4-6-24-7-5-22/h2-3,8-9H,4-7H2,1H3,(H,20,23). The highest BCUT2D eigenvalue weighted by molar-refractivity contribution is 6.04. The van der Waals surface area contributed by atoms with Crippen molar-refractivity contribution < 1.29 is 27.2 Å². The van der Waals surface area contributed by atoms with Gasteiger partial charge in [-0.1, -0.05) is 5.16 Å². The van der Waals surface area contributed by atoms with Crippen LogP contribution in [0.1, 0.15) is 21.8 Å². The van der Waals surface area contributed by atoms with Gasteiger partial charge in [-0.25, -0.2) is 0 Å². The Morgan fingerprint density at radius 1 is 1.24 bits per heavy atom. The Hall–Kier alpha value is -2.55. The number of morpholine rings is 1. The van der Waals surface area contributed by atoms with Crippen LogP contribution in [0, 0.1) is 6.92 Å². The molecule has 0 aliphatic carbocycles. The highest BCUT2D eigenvalue weighted by Crippen LogP contribution is 2.36.